The van der Waals surface area contributed by atoms with E-state index in [-0.39, 0.29) is 0 Å². The fourth-order valence-electron chi connectivity index (χ4n) is 3.39. The van der Waals surface area contributed by atoms with E-state index in [9.17, 15) is 0 Å². The zero-order chi connectivity index (χ0) is 19.1. The molecule has 0 bridgehead atoms. The molecule has 2 heterocycles. The predicted molar refractivity (Wildman–Crippen MR) is 116 cm³/mol. The smallest absolute Gasteiger partial charge is 0.231 e. The number of hydrogen-bond acceptors (Lipinski definition) is 4. The first-order chi connectivity index (χ1) is 13.7. The lowest BCUT2D eigenvalue weighted by atomic mass is 10.0. The summed E-state index contributed by atoms with van der Waals surface area (Å²) >= 11 is 1.62. The van der Waals surface area contributed by atoms with Gasteiger partial charge in [-0.15, -0.1) is 11.3 Å². The van der Waals surface area contributed by atoms with E-state index in [1.54, 1.807) is 17.7 Å². The second kappa shape index (κ2) is 6.73. The van der Waals surface area contributed by atoms with Crippen molar-refractivity contribution in [2.45, 2.75) is 13.8 Å². The second-order valence-corrected chi connectivity index (χ2v) is 7.78. The number of hydrogen-bond donors (Lipinski definition) is 0. The van der Waals surface area contributed by atoms with Crippen molar-refractivity contribution in [1.29, 1.82) is 0 Å². The largest absolute Gasteiger partial charge is 0.438 e. The van der Waals surface area contributed by atoms with Crippen LogP contribution in [0.4, 0.5) is 0 Å². The van der Waals surface area contributed by atoms with Gasteiger partial charge in [-0.2, -0.15) is 0 Å². The van der Waals surface area contributed by atoms with E-state index in [0.29, 0.717) is 5.88 Å². The van der Waals surface area contributed by atoms with E-state index in [4.69, 9.17) is 4.74 Å². The number of fused-ring (bicyclic) bond motifs is 2. The standard InChI is InChI=1S/C24H18N2OS/c1-15-7-8-19(11-16(15)2)21-13-28-24-22(21)23(25-14-26-24)27-20-10-9-17-5-3-4-6-18(17)12-20/h3-14H,1-2H3. The Balaban J connectivity index is 1.62. The molecular weight excluding hydrogens is 364 g/mol. The molecule has 3 nitrogen and oxygen atoms in total. The molecule has 4 heteroatoms. The van der Waals surface area contributed by atoms with Gasteiger partial charge < -0.3 is 4.74 Å². The topological polar surface area (TPSA) is 35.0 Å². The van der Waals surface area contributed by atoms with Crippen LogP contribution in [0.5, 0.6) is 11.6 Å². The molecule has 0 N–H and O–H groups in total. The first-order valence-corrected chi connectivity index (χ1v) is 10.0. The zero-order valence-electron chi connectivity index (χ0n) is 15.6. The molecule has 0 aliphatic rings. The monoisotopic (exact) mass is 382 g/mol. The van der Waals surface area contributed by atoms with Crippen LogP contribution in [-0.2, 0) is 0 Å². The lowest BCUT2D eigenvalue weighted by Gasteiger charge is -2.09. The summed E-state index contributed by atoms with van der Waals surface area (Å²) in [5.74, 6) is 1.37. The lowest BCUT2D eigenvalue weighted by Crippen LogP contribution is -1.91. The van der Waals surface area contributed by atoms with Crippen molar-refractivity contribution in [2.75, 3.05) is 0 Å². The Morgan fingerprint density at radius 2 is 1.68 bits per heavy atom. The number of aryl methyl sites for hydroxylation is 2. The Bertz CT molecular complexity index is 1320. The Kier molecular flexibility index (Phi) is 4.06. The minimum absolute atomic E-state index is 0.592. The van der Waals surface area contributed by atoms with Crippen LogP contribution < -0.4 is 4.74 Å². The number of rotatable bonds is 3. The Morgan fingerprint density at radius 3 is 2.54 bits per heavy atom. The molecule has 0 atom stereocenters. The minimum Gasteiger partial charge on any atom is -0.438 e. The predicted octanol–water partition coefficient (Wildman–Crippen LogP) is 6.92. The Morgan fingerprint density at radius 1 is 0.821 bits per heavy atom. The van der Waals surface area contributed by atoms with E-state index >= 15 is 0 Å². The van der Waals surface area contributed by atoms with Crippen LogP contribution in [0.1, 0.15) is 11.1 Å². The van der Waals surface area contributed by atoms with Gasteiger partial charge in [0.25, 0.3) is 0 Å². The highest BCUT2D eigenvalue weighted by Crippen LogP contribution is 2.39. The van der Waals surface area contributed by atoms with Crippen molar-refractivity contribution in [1.82, 2.24) is 9.97 Å². The summed E-state index contributed by atoms with van der Waals surface area (Å²) in [7, 11) is 0. The molecule has 0 aliphatic heterocycles. The molecule has 2 aromatic heterocycles. The summed E-state index contributed by atoms with van der Waals surface area (Å²) in [5, 5.41) is 5.43. The van der Waals surface area contributed by atoms with Gasteiger partial charge in [0.05, 0.1) is 5.39 Å². The number of benzene rings is 3. The molecular formula is C24H18N2OS. The molecule has 3 aromatic carbocycles. The third-order valence-electron chi connectivity index (χ3n) is 5.09. The molecule has 0 aliphatic carbocycles. The SMILES string of the molecule is Cc1ccc(-c2csc3ncnc(Oc4ccc5ccccc5c4)c23)cc1C. The molecule has 0 unspecified atom stereocenters. The second-order valence-electron chi connectivity index (χ2n) is 6.92. The molecule has 5 aromatic rings. The van der Waals surface area contributed by atoms with Crippen LogP contribution in [0.2, 0.25) is 0 Å². The molecule has 28 heavy (non-hydrogen) atoms. The van der Waals surface area contributed by atoms with Crippen LogP contribution in [0.15, 0.2) is 72.4 Å². The normalized spacial score (nSPS) is 11.2. The molecule has 5 rings (SSSR count). The number of thiophene rings is 1. The first-order valence-electron chi connectivity index (χ1n) is 9.15. The first kappa shape index (κ1) is 16.9. The third-order valence-corrected chi connectivity index (χ3v) is 5.98. The minimum atomic E-state index is 0.592. The van der Waals surface area contributed by atoms with E-state index in [1.165, 1.54) is 16.5 Å². The van der Waals surface area contributed by atoms with Gasteiger partial charge in [-0.05, 0) is 53.4 Å². The van der Waals surface area contributed by atoms with E-state index in [2.05, 4.69) is 65.6 Å². The lowest BCUT2D eigenvalue weighted by molar-refractivity contribution is 0.469. The van der Waals surface area contributed by atoms with Gasteiger partial charge in [-0.3, -0.25) is 0 Å². The van der Waals surface area contributed by atoms with Gasteiger partial charge in [-0.25, -0.2) is 9.97 Å². The third kappa shape index (κ3) is 2.92. The summed E-state index contributed by atoms with van der Waals surface area (Å²) in [5.41, 5.74) is 4.82. The summed E-state index contributed by atoms with van der Waals surface area (Å²) in [6, 6.07) is 20.9. The molecule has 0 amide bonds. The fraction of sp³-hybridized carbons (Fsp3) is 0.0833. The van der Waals surface area contributed by atoms with Gasteiger partial charge in [-0.1, -0.05) is 48.5 Å². The fourth-order valence-corrected chi connectivity index (χ4v) is 4.30. The van der Waals surface area contributed by atoms with Crippen LogP contribution >= 0.6 is 11.3 Å². The van der Waals surface area contributed by atoms with Gasteiger partial charge in [0.15, 0.2) is 0 Å². The van der Waals surface area contributed by atoms with Crippen molar-refractivity contribution >= 4 is 32.3 Å². The Labute approximate surface area is 167 Å². The molecule has 136 valence electrons. The maximum atomic E-state index is 6.23. The summed E-state index contributed by atoms with van der Waals surface area (Å²) in [4.78, 5) is 9.83. The molecule has 0 saturated heterocycles. The summed E-state index contributed by atoms with van der Waals surface area (Å²) < 4.78 is 6.23. The quantitative estimate of drug-likeness (QED) is 0.340. The zero-order valence-corrected chi connectivity index (χ0v) is 16.5. The van der Waals surface area contributed by atoms with Crippen LogP contribution in [0.25, 0.3) is 32.1 Å². The van der Waals surface area contributed by atoms with Crippen LogP contribution in [0.3, 0.4) is 0 Å². The highest BCUT2D eigenvalue weighted by atomic mass is 32.1. The van der Waals surface area contributed by atoms with Gasteiger partial charge in [0, 0.05) is 10.9 Å². The average Bonchev–Trinajstić information content (AvgIpc) is 3.15. The maximum Gasteiger partial charge on any atom is 0.231 e. The summed E-state index contributed by atoms with van der Waals surface area (Å²) in [6.45, 7) is 4.26. The molecule has 0 radical (unpaired) electrons. The molecule has 0 fully saturated rings. The van der Waals surface area contributed by atoms with Crippen molar-refractivity contribution in [3.05, 3.63) is 83.5 Å². The van der Waals surface area contributed by atoms with E-state index in [1.807, 2.05) is 24.3 Å². The van der Waals surface area contributed by atoms with Gasteiger partial charge in [0.1, 0.15) is 16.9 Å². The van der Waals surface area contributed by atoms with Crippen LogP contribution in [-0.4, -0.2) is 9.97 Å². The Hall–Kier alpha value is -3.24. The highest BCUT2D eigenvalue weighted by Gasteiger charge is 2.15. The summed E-state index contributed by atoms with van der Waals surface area (Å²) in [6.07, 6.45) is 1.57. The maximum absolute atomic E-state index is 6.23. The van der Waals surface area contributed by atoms with Crippen molar-refractivity contribution in [3.63, 3.8) is 0 Å². The van der Waals surface area contributed by atoms with Crippen molar-refractivity contribution in [2.24, 2.45) is 0 Å². The van der Waals surface area contributed by atoms with Crippen molar-refractivity contribution < 1.29 is 4.74 Å². The van der Waals surface area contributed by atoms with E-state index < -0.39 is 0 Å². The number of nitrogens with zero attached hydrogens (tertiary/aromatic N) is 2. The molecule has 0 saturated carbocycles. The number of aromatic nitrogens is 2. The average molecular weight is 382 g/mol. The van der Waals surface area contributed by atoms with Crippen LogP contribution in [0, 0.1) is 13.8 Å². The van der Waals surface area contributed by atoms with Crippen molar-refractivity contribution in [3.8, 4) is 22.8 Å². The number of ether oxygens (including phenoxy) is 1. The molecule has 0 spiro atoms. The van der Waals surface area contributed by atoms with Gasteiger partial charge in [0.2, 0.25) is 5.88 Å². The highest BCUT2D eigenvalue weighted by molar-refractivity contribution is 7.17. The van der Waals surface area contributed by atoms with Gasteiger partial charge >= 0.3 is 0 Å². The van der Waals surface area contributed by atoms with E-state index in [0.717, 1.165) is 32.5 Å².